The number of aromatic amines is 1. The van der Waals surface area contributed by atoms with E-state index in [9.17, 15) is 4.79 Å². The van der Waals surface area contributed by atoms with Crippen LogP contribution in [0.2, 0.25) is 5.02 Å². The molecule has 1 saturated heterocycles. The fourth-order valence-electron chi connectivity index (χ4n) is 2.46. The normalized spacial score (nSPS) is 16.4. The number of hydrogen-bond acceptors (Lipinski definition) is 4. The fourth-order valence-corrected chi connectivity index (χ4v) is 2.68. The largest absolute Gasteiger partial charge is 0.366 e. The molecule has 1 fully saturated rings. The van der Waals surface area contributed by atoms with E-state index in [0.29, 0.717) is 16.1 Å². The zero-order valence-corrected chi connectivity index (χ0v) is 11.7. The average Bonchev–Trinajstić information content (AvgIpc) is 2.65. The van der Waals surface area contributed by atoms with Crippen molar-refractivity contribution in [1.82, 2.24) is 15.3 Å². The number of carbonyl (C=O) groups is 1. The lowest BCUT2D eigenvalue weighted by Crippen LogP contribution is -2.28. The number of imidazole rings is 1. The summed E-state index contributed by atoms with van der Waals surface area (Å²) in [5, 5.41) is 3.81. The molecule has 0 radical (unpaired) electrons. The van der Waals surface area contributed by atoms with Crippen LogP contribution in [0.5, 0.6) is 0 Å². The molecule has 1 aromatic heterocycles. The molecule has 0 atom stereocenters. The molecule has 2 heterocycles. The molecule has 6 nitrogen and oxygen atoms in total. The minimum absolute atomic E-state index is 0.350. The van der Waals surface area contributed by atoms with Gasteiger partial charge in [0.25, 0.3) is 5.91 Å². The second-order valence-electron chi connectivity index (χ2n) is 4.86. The fraction of sp³-hybridized carbons (Fsp3) is 0.385. The van der Waals surface area contributed by atoms with Crippen molar-refractivity contribution in [2.24, 2.45) is 5.73 Å². The van der Waals surface area contributed by atoms with Gasteiger partial charge in [-0.15, -0.1) is 0 Å². The summed E-state index contributed by atoms with van der Waals surface area (Å²) in [4.78, 5) is 21.4. The van der Waals surface area contributed by atoms with E-state index in [1.165, 1.54) is 0 Å². The van der Waals surface area contributed by atoms with Gasteiger partial charge in [-0.3, -0.25) is 4.79 Å². The Bertz CT molecular complexity index is 645. The van der Waals surface area contributed by atoms with Gasteiger partial charge in [-0.2, -0.15) is 0 Å². The standard InChI is InChI=1S/C13H16ClN5O/c14-8-6-9(12(15)20)11-10(7-8)17-13(18-11)19-4-1-2-16-3-5-19/h6-7,16H,1-5H2,(H2,15,20)(H,17,18). The number of amides is 1. The molecule has 4 N–H and O–H groups in total. The molecule has 1 amide bonds. The number of carbonyl (C=O) groups excluding carboxylic acids is 1. The maximum Gasteiger partial charge on any atom is 0.251 e. The predicted molar refractivity (Wildman–Crippen MR) is 79.3 cm³/mol. The molecule has 0 spiro atoms. The van der Waals surface area contributed by atoms with Crippen LogP contribution < -0.4 is 16.0 Å². The predicted octanol–water partition coefficient (Wildman–Crippen LogP) is 1.11. The minimum atomic E-state index is -0.520. The van der Waals surface area contributed by atoms with E-state index in [0.717, 1.165) is 44.1 Å². The number of nitrogens with one attached hydrogen (secondary N) is 2. The van der Waals surface area contributed by atoms with Crippen LogP contribution >= 0.6 is 11.6 Å². The molecule has 20 heavy (non-hydrogen) atoms. The smallest absolute Gasteiger partial charge is 0.251 e. The number of rotatable bonds is 2. The summed E-state index contributed by atoms with van der Waals surface area (Å²) in [5.74, 6) is 0.238. The Morgan fingerprint density at radius 1 is 1.35 bits per heavy atom. The first-order chi connectivity index (χ1) is 9.65. The van der Waals surface area contributed by atoms with Gasteiger partial charge in [-0.25, -0.2) is 4.98 Å². The van der Waals surface area contributed by atoms with E-state index < -0.39 is 5.91 Å². The minimum Gasteiger partial charge on any atom is -0.366 e. The summed E-state index contributed by atoms with van der Waals surface area (Å²) in [6.07, 6.45) is 1.06. The van der Waals surface area contributed by atoms with Crippen molar-refractivity contribution < 1.29 is 4.79 Å². The van der Waals surface area contributed by atoms with Crippen LogP contribution in [0, 0.1) is 0 Å². The number of aromatic nitrogens is 2. The van der Waals surface area contributed by atoms with E-state index in [1.54, 1.807) is 12.1 Å². The lowest BCUT2D eigenvalue weighted by atomic mass is 10.2. The van der Waals surface area contributed by atoms with Crippen LogP contribution in [-0.4, -0.2) is 42.1 Å². The Labute approximate surface area is 121 Å². The van der Waals surface area contributed by atoms with Gasteiger partial charge in [0.2, 0.25) is 5.95 Å². The van der Waals surface area contributed by atoms with Gasteiger partial charge in [-0.1, -0.05) is 11.6 Å². The van der Waals surface area contributed by atoms with Crippen molar-refractivity contribution in [3.63, 3.8) is 0 Å². The van der Waals surface area contributed by atoms with E-state index in [-0.39, 0.29) is 0 Å². The third-order valence-corrected chi connectivity index (χ3v) is 3.66. The van der Waals surface area contributed by atoms with Gasteiger partial charge >= 0.3 is 0 Å². The Hall–Kier alpha value is -1.79. The van der Waals surface area contributed by atoms with Gasteiger partial charge in [0, 0.05) is 24.7 Å². The molecule has 0 unspecified atom stereocenters. The number of nitrogens with two attached hydrogens (primary N) is 1. The summed E-state index contributed by atoms with van der Waals surface area (Å²) in [5.41, 5.74) is 7.05. The van der Waals surface area contributed by atoms with Crippen molar-refractivity contribution in [1.29, 1.82) is 0 Å². The van der Waals surface area contributed by atoms with Crippen molar-refractivity contribution in [3.05, 3.63) is 22.7 Å². The van der Waals surface area contributed by atoms with E-state index >= 15 is 0 Å². The molecule has 106 valence electrons. The number of fused-ring (bicyclic) bond motifs is 1. The first kappa shape index (κ1) is 13.2. The second kappa shape index (κ2) is 5.30. The molecule has 0 aliphatic carbocycles. The van der Waals surface area contributed by atoms with Crippen LogP contribution in [0.15, 0.2) is 12.1 Å². The van der Waals surface area contributed by atoms with Crippen LogP contribution in [0.25, 0.3) is 11.0 Å². The highest BCUT2D eigenvalue weighted by atomic mass is 35.5. The number of primary amides is 1. The number of halogens is 1. The molecule has 2 aromatic rings. The Morgan fingerprint density at radius 3 is 3.00 bits per heavy atom. The van der Waals surface area contributed by atoms with Crippen molar-refractivity contribution in [2.75, 3.05) is 31.1 Å². The molecular formula is C13H16ClN5O. The molecule has 3 rings (SSSR count). The summed E-state index contributed by atoms with van der Waals surface area (Å²) in [6, 6.07) is 3.32. The molecule has 0 saturated carbocycles. The molecule has 1 aromatic carbocycles. The SMILES string of the molecule is NC(=O)c1cc(Cl)cc2[nH]c(N3CCCNCC3)nc12. The van der Waals surface area contributed by atoms with Gasteiger partial charge in [0.05, 0.1) is 11.1 Å². The number of nitrogens with zero attached hydrogens (tertiary/aromatic N) is 2. The molecular weight excluding hydrogens is 278 g/mol. The molecule has 0 bridgehead atoms. The lowest BCUT2D eigenvalue weighted by molar-refractivity contribution is 0.100. The zero-order valence-electron chi connectivity index (χ0n) is 10.9. The monoisotopic (exact) mass is 293 g/mol. The van der Waals surface area contributed by atoms with Gasteiger partial charge in [0.15, 0.2) is 0 Å². The molecule has 7 heteroatoms. The average molecular weight is 294 g/mol. The summed E-state index contributed by atoms with van der Waals surface area (Å²) in [7, 11) is 0. The summed E-state index contributed by atoms with van der Waals surface area (Å²) >= 11 is 6.01. The van der Waals surface area contributed by atoms with Gasteiger partial charge < -0.3 is 20.9 Å². The second-order valence-corrected chi connectivity index (χ2v) is 5.30. The van der Waals surface area contributed by atoms with E-state index in [4.69, 9.17) is 17.3 Å². The highest BCUT2D eigenvalue weighted by Gasteiger charge is 2.17. The maximum absolute atomic E-state index is 11.5. The van der Waals surface area contributed by atoms with Crippen LogP contribution in [0.1, 0.15) is 16.8 Å². The third-order valence-electron chi connectivity index (χ3n) is 3.44. The lowest BCUT2D eigenvalue weighted by Gasteiger charge is -2.18. The summed E-state index contributed by atoms with van der Waals surface area (Å²) < 4.78 is 0. The molecule has 1 aliphatic rings. The quantitative estimate of drug-likeness (QED) is 0.774. The van der Waals surface area contributed by atoms with Crippen molar-refractivity contribution in [2.45, 2.75) is 6.42 Å². The first-order valence-corrected chi connectivity index (χ1v) is 6.97. The Morgan fingerprint density at radius 2 is 2.20 bits per heavy atom. The zero-order chi connectivity index (χ0) is 14.1. The first-order valence-electron chi connectivity index (χ1n) is 6.60. The maximum atomic E-state index is 11.5. The van der Waals surface area contributed by atoms with E-state index in [1.807, 2.05) is 0 Å². The number of anilines is 1. The van der Waals surface area contributed by atoms with Crippen LogP contribution in [0.3, 0.4) is 0 Å². The van der Waals surface area contributed by atoms with Crippen LogP contribution in [0.4, 0.5) is 5.95 Å². The Kier molecular flexibility index (Phi) is 3.50. The Balaban J connectivity index is 2.05. The van der Waals surface area contributed by atoms with Crippen molar-refractivity contribution in [3.8, 4) is 0 Å². The van der Waals surface area contributed by atoms with Gasteiger partial charge in [-0.05, 0) is 25.1 Å². The topological polar surface area (TPSA) is 87.0 Å². The summed E-state index contributed by atoms with van der Waals surface area (Å²) in [6.45, 7) is 3.72. The third kappa shape index (κ3) is 2.44. The van der Waals surface area contributed by atoms with E-state index in [2.05, 4.69) is 20.2 Å². The highest BCUT2D eigenvalue weighted by Crippen LogP contribution is 2.25. The number of hydrogen-bond donors (Lipinski definition) is 3. The number of H-pyrrole nitrogens is 1. The van der Waals surface area contributed by atoms with Crippen molar-refractivity contribution >= 4 is 34.5 Å². The highest BCUT2D eigenvalue weighted by molar-refractivity contribution is 6.32. The van der Waals surface area contributed by atoms with Crippen LogP contribution in [-0.2, 0) is 0 Å². The molecule has 1 aliphatic heterocycles. The number of benzene rings is 1. The van der Waals surface area contributed by atoms with Gasteiger partial charge in [0.1, 0.15) is 5.52 Å².